The number of rotatable bonds is 0. The standard InChI is InChI=1S/C8H8N4/c1-6-2-3-7-8(4-6)12(5-9)11-10-7/h2-4,10-11H,1H3. The molecule has 12 heavy (non-hydrogen) atoms. The summed E-state index contributed by atoms with van der Waals surface area (Å²) in [6, 6.07) is 5.88. The lowest BCUT2D eigenvalue weighted by Crippen LogP contribution is -2.31. The molecule has 0 bridgehead atoms. The number of nitriles is 1. The summed E-state index contributed by atoms with van der Waals surface area (Å²) in [7, 11) is 0. The van der Waals surface area contributed by atoms with E-state index in [1.165, 1.54) is 5.01 Å². The smallest absolute Gasteiger partial charge is 0.201 e. The van der Waals surface area contributed by atoms with E-state index in [0.717, 1.165) is 16.9 Å². The van der Waals surface area contributed by atoms with Gasteiger partial charge in [0.1, 0.15) is 0 Å². The van der Waals surface area contributed by atoms with Crippen molar-refractivity contribution in [2.24, 2.45) is 0 Å². The van der Waals surface area contributed by atoms with Gasteiger partial charge < -0.3 is 5.43 Å². The van der Waals surface area contributed by atoms with Crippen LogP contribution in [0.1, 0.15) is 5.56 Å². The van der Waals surface area contributed by atoms with Crippen LogP contribution in [-0.2, 0) is 0 Å². The molecule has 2 N–H and O–H groups in total. The molecule has 0 aromatic heterocycles. The third kappa shape index (κ3) is 0.881. The molecule has 0 atom stereocenters. The van der Waals surface area contributed by atoms with Crippen LogP contribution in [-0.4, -0.2) is 0 Å². The highest BCUT2D eigenvalue weighted by Crippen LogP contribution is 2.28. The van der Waals surface area contributed by atoms with Crippen LogP contribution < -0.4 is 16.0 Å². The minimum atomic E-state index is 0.873. The molecule has 4 nitrogen and oxygen atoms in total. The number of hydrazine groups is 2. The van der Waals surface area contributed by atoms with Crippen molar-refractivity contribution in [3.8, 4) is 6.19 Å². The number of benzene rings is 1. The van der Waals surface area contributed by atoms with Crippen LogP contribution in [0.2, 0.25) is 0 Å². The van der Waals surface area contributed by atoms with Gasteiger partial charge in [-0.25, -0.2) is 0 Å². The first-order valence-corrected chi connectivity index (χ1v) is 3.63. The zero-order valence-electron chi connectivity index (χ0n) is 6.63. The molecular formula is C8H8N4. The van der Waals surface area contributed by atoms with Gasteiger partial charge in [-0.15, -0.1) is 5.53 Å². The quantitative estimate of drug-likeness (QED) is 0.558. The molecule has 2 rings (SSSR count). The van der Waals surface area contributed by atoms with E-state index in [9.17, 15) is 0 Å². The molecule has 1 aromatic rings. The molecule has 0 aliphatic carbocycles. The van der Waals surface area contributed by atoms with Crippen LogP contribution in [0.5, 0.6) is 0 Å². The molecule has 0 radical (unpaired) electrons. The number of fused-ring (bicyclic) bond motifs is 1. The molecule has 1 aliphatic rings. The number of anilines is 2. The summed E-state index contributed by atoms with van der Waals surface area (Å²) in [5.41, 5.74) is 8.55. The van der Waals surface area contributed by atoms with E-state index in [1.54, 1.807) is 0 Å². The fourth-order valence-electron chi connectivity index (χ4n) is 1.19. The number of nitrogens with one attached hydrogen (secondary N) is 2. The highest BCUT2D eigenvalue weighted by molar-refractivity contribution is 5.75. The Morgan fingerprint density at radius 1 is 1.50 bits per heavy atom. The summed E-state index contributed by atoms with van der Waals surface area (Å²) in [6.45, 7) is 1.99. The molecule has 1 heterocycles. The van der Waals surface area contributed by atoms with Crippen LogP contribution in [0.3, 0.4) is 0 Å². The van der Waals surface area contributed by atoms with Crippen LogP contribution >= 0.6 is 0 Å². The lowest BCUT2D eigenvalue weighted by molar-refractivity contribution is 0.866. The highest BCUT2D eigenvalue weighted by Gasteiger charge is 2.16. The van der Waals surface area contributed by atoms with Crippen molar-refractivity contribution in [3.63, 3.8) is 0 Å². The molecule has 1 aliphatic heterocycles. The Labute approximate surface area is 70.3 Å². The minimum Gasteiger partial charge on any atom is -0.301 e. The Balaban J connectivity index is 2.51. The first-order valence-electron chi connectivity index (χ1n) is 3.63. The first-order chi connectivity index (χ1) is 5.81. The number of hydrogen-bond donors (Lipinski definition) is 2. The van der Waals surface area contributed by atoms with Crippen molar-refractivity contribution in [1.82, 2.24) is 5.53 Å². The van der Waals surface area contributed by atoms with Crippen molar-refractivity contribution in [1.29, 1.82) is 5.26 Å². The molecule has 0 fully saturated rings. The van der Waals surface area contributed by atoms with Crippen LogP contribution in [0.15, 0.2) is 18.2 Å². The fourth-order valence-corrected chi connectivity index (χ4v) is 1.19. The normalized spacial score (nSPS) is 13.5. The zero-order valence-corrected chi connectivity index (χ0v) is 6.63. The van der Waals surface area contributed by atoms with E-state index >= 15 is 0 Å². The number of hydrogen-bond acceptors (Lipinski definition) is 4. The second-order valence-corrected chi connectivity index (χ2v) is 2.69. The third-order valence-corrected chi connectivity index (χ3v) is 1.80. The predicted octanol–water partition coefficient (Wildman–Crippen LogP) is 1.13. The van der Waals surface area contributed by atoms with E-state index in [4.69, 9.17) is 5.26 Å². The van der Waals surface area contributed by atoms with Gasteiger partial charge >= 0.3 is 0 Å². The van der Waals surface area contributed by atoms with Gasteiger partial charge in [-0.3, -0.25) is 0 Å². The second-order valence-electron chi connectivity index (χ2n) is 2.69. The maximum absolute atomic E-state index is 8.68. The van der Waals surface area contributed by atoms with Gasteiger partial charge in [0.05, 0.1) is 11.4 Å². The van der Waals surface area contributed by atoms with Crippen molar-refractivity contribution >= 4 is 11.4 Å². The summed E-state index contributed by atoms with van der Waals surface area (Å²) in [5, 5.41) is 10.1. The fraction of sp³-hybridized carbons (Fsp3) is 0.125. The highest BCUT2D eigenvalue weighted by atomic mass is 15.7. The van der Waals surface area contributed by atoms with Gasteiger partial charge in [0.15, 0.2) is 0 Å². The molecule has 1 aromatic carbocycles. The molecular weight excluding hydrogens is 152 g/mol. The topological polar surface area (TPSA) is 51.1 Å². The van der Waals surface area contributed by atoms with Gasteiger partial charge in [-0.1, -0.05) is 6.07 Å². The number of nitrogens with zero attached hydrogens (tertiary/aromatic N) is 2. The van der Waals surface area contributed by atoms with Crippen LogP contribution in [0.4, 0.5) is 11.4 Å². The van der Waals surface area contributed by atoms with E-state index in [1.807, 2.05) is 31.3 Å². The molecule has 60 valence electrons. The maximum atomic E-state index is 8.68. The average molecular weight is 160 g/mol. The monoisotopic (exact) mass is 160 g/mol. The van der Waals surface area contributed by atoms with Crippen LogP contribution in [0, 0.1) is 18.4 Å². The Kier molecular flexibility index (Phi) is 1.39. The SMILES string of the molecule is Cc1ccc2c(c1)N(C#N)NN2. The lowest BCUT2D eigenvalue weighted by Gasteiger charge is -2.05. The Hall–Kier alpha value is -1.73. The Bertz CT molecular complexity index is 353. The zero-order chi connectivity index (χ0) is 8.55. The largest absolute Gasteiger partial charge is 0.301 e. The number of aryl methyl sites for hydroxylation is 1. The average Bonchev–Trinajstić information content (AvgIpc) is 2.46. The molecule has 0 amide bonds. The van der Waals surface area contributed by atoms with E-state index in [2.05, 4.69) is 11.0 Å². The molecule has 0 spiro atoms. The van der Waals surface area contributed by atoms with Gasteiger partial charge in [0.25, 0.3) is 0 Å². The second kappa shape index (κ2) is 2.40. The van der Waals surface area contributed by atoms with Gasteiger partial charge in [0, 0.05) is 0 Å². The van der Waals surface area contributed by atoms with E-state index in [-0.39, 0.29) is 0 Å². The van der Waals surface area contributed by atoms with Gasteiger partial charge in [-0.05, 0) is 24.6 Å². The maximum Gasteiger partial charge on any atom is 0.201 e. The van der Waals surface area contributed by atoms with E-state index < -0.39 is 0 Å². The van der Waals surface area contributed by atoms with Crippen molar-refractivity contribution in [3.05, 3.63) is 23.8 Å². The van der Waals surface area contributed by atoms with Crippen molar-refractivity contribution in [2.75, 3.05) is 10.4 Å². The van der Waals surface area contributed by atoms with Crippen molar-refractivity contribution in [2.45, 2.75) is 6.92 Å². The third-order valence-electron chi connectivity index (χ3n) is 1.80. The summed E-state index contributed by atoms with van der Waals surface area (Å²) < 4.78 is 0. The van der Waals surface area contributed by atoms with Gasteiger partial charge in [-0.2, -0.15) is 10.3 Å². The Morgan fingerprint density at radius 3 is 3.08 bits per heavy atom. The first kappa shape index (κ1) is 6.95. The van der Waals surface area contributed by atoms with Crippen molar-refractivity contribution < 1.29 is 0 Å². The van der Waals surface area contributed by atoms with Crippen LogP contribution in [0.25, 0.3) is 0 Å². The Morgan fingerprint density at radius 2 is 2.33 bits per heavy atom. The molecule has 0 saturated carbocycles. The predicted molar refractivity (Wildman–Crippen MR) is 46.0 cm³/mol. The summed E-state index contributed by atoms with van der Waals surface area (Å²) >= 11 is 0. The molecule has 0 unspecified atom stereocenters. The van der Waals surface area contributed by atoms with Gasteiger partial charge in [0.2, 0.25) is 6.19 Å². The molecule has 4 heteroatoms. The molecule has 0 saturated heterocycles. The summed E-state index contributed by atoms with van der Waals surface area (Å²) in [4.78, 5) is 0. The summed E-state index contributed by atoms with van der Waals surface area (Å²) in [5.74, 6) is 0. The van der Waals surface area contributed by atoms with E-state index in [0.29, 0.717) is 0 Å². The lowest BCUT2D eigenvalue weighted by atomic mass is 10.2. The minimum absolute atomic E-state index is 0.873. The summed E-state index contributed by atoms with van der Waals surface area (Å²) in [6.07, 6.45) is 2.01.